The standard InChI is InChI=1S/C22H44N2O3/c1-5-7-9-11-13-15-17-23-21(25)19(3)27-20(4)22(26)24-18-16-14-12-10-8-6-2/h19-20H,5-18H2,1-4H3,(H,23,25)(H,24,26). The van der Waals surface area contributed by atoms with Crippen LogP contribution in [-0.4, -0.2) is 37.1 Å². The quantitative estimate of drug-likeness (QED) is 0.336. The lowest BCUT2D eigenvalue weighted by atomic mass is 10.1. The first kappa shape index (κ1) is 25.9. The van der Waals surface area contributed by atoms with Gasteiger partial charge in [-0.2, -0.15) is 0 Å². The van der Waals surface area contributed by atoms with Crippen LogP contribution in [-0.2, 0) is 14.3 Å². The maximum atomic E-state index is 12.1. The van der Waals surface area contributed by atoms with E-state index in [4.69, 9.17) is 4.74 Å². The van der Waals surface area contributed by atoms with E-state index >= 15 is 0 Å². The van der Waals surface area contributed by atoms with Crippen molar-refractivity contribution >= 4 is 11.8 Å². The second kappa shape index (κ2) is 18.3. The molecule has 0 aliphatic carbocycles. The third-order valence-electron chi connectivity index (χ3n) is 4.81. The molecule has 0 aromatic heterocycles. The largest absolute Gasteiger partial charge is 0.356 e. The number of hydrogen-bond donors (Lipinski definition) is 2. The molecule has 0 aliphatic heterocycles. The lowest BCUT2D eigenvalue weighted by Gasteiger charge is -2.18. The predicted octanol–water partition coefficient (Wildman–Crippen LogP) is 4.73. The predicted molar refractivity (Wildman–Crippen MR) is 113 cm³/mol. The van der Waals surface area contributed by atoms with Gasteiger partial charge < -0.3 is 15.4 Å². The van der Waals surface area contributed by atoms with Crippen LogP contribution in [0, 0.1) is 0 Å². The second-order valence-electron chi connectivity index (χ2n) is 7.54. The molecule has 2 atom stereocenters. The van der Waals surface area contributed by atoms with Gasteiger partial charge in [-0.1, -0.05) is 78.1 Å². The van der Waals surface area contributed by atoms with Crippen molar-refractivity contribution < 1.29 is 14.3 Å². The van der Waals surface area contributed by atoms with Gasteiger partial charge in [0, 0.05) is 13.1 Å². The summed E-state index contributed by atoms with van der Waals surface area (Å²) >= 11 is 0. The fourth-order valence-corrected chi connectivity index (χ4v) is 2.95. The van der Waals surface area contributed by atoms with E-state index in [0.29, 0.717) is 13.1 Å². The zero-order valence-electron chi connectivity index (χ0n) is 18.3. The topological polar surface area (TPSA) is 67.4 Å². The summed E-state index contributed by atoms with van der Waals surface area (Å²) in [5, 5.41) is 5.80. The average molecular weight is 385 g/mol. The van der Waals surface area contributed by atoms with Gasteiger partial charge in [0.25, 0.3) is 0 Å². The lowest BCUT2D eigenvalue weighted by molar-refractivity contribution is -0.143. The van der Waals surface area contributed by atoms with Gasteiger partial charge in [-0.15, -0.1) is 0 Å². The van der Waals surface area contributed by atoms with E-state index < -0.39 is 12.2 Å². The summed E-state index contributed by atoms with van der Waals surface area (Å²) < 4.78 is 5.57. The Morgan fingerprint density at radius 2 is 0.963 bits per heavy atom. The Kier molecular flexibility index (Phi) is 17.5. The van der Waals surface area contributed by atoms with Crippen LogP contribution in [0.5, 0.6) is 0 Å². The summed E-state index contributed by atoms with van der Waals surface area (Å²) in [4.78, 5) is 24.1. The van der Waals surface area contributed by atoms with E-state index in [0.717, 1.165) is 25.7 Å². The Morgan fingerprint density at radius 3 is 1.33 bits per heavy atom. The summed E-state index contributed by atoms with van der Waals surface area (Å²) in [6.07, 6.45) is 13.1. The number of carbonyl (C=O) groups is 2. The van der Waals surface area contributed by atoms with Crippen molar-refractivity contribution in [2.45, 2.75) is 117 Å². The zero-order valence-corrected chi connectivity index (χ0v) is 18.3. The van der Waals surface area contributed by atoms with Crippen molar-refractivity contribution in [1.82, 2.24) is 10.6 Å². The van der Waals surface area contributed by atoms with Gasteiger partial charge in [0.1, 0.15) is 12.2 Å². The summed E-state index contributed by atoms with van der Waals surface area (Å²) in [6.45, 7) is 9.17. The van der Waals surface area contributed by atoms with E-state index in [1.807, 2.05) is 0 Å². The Morgan fingerprint density at radius 1 is 0.630 bits per heavy atom. The molecule has 0 rings (SSSR count). The fourth-order valence-electron chi connectivity index (χ4n) is 2.95. The highest BCUT2D eigenvalue weighted by Crippen LogP contribution is 2.06. The number of unbranched alkanes of at least 4 members (excludes halogenated alkanes) is 10. The molecule has 0 fully saturated rings. The number of nitrogens with one attached hydrogen (secondary N) is 2. The fraction of sp³-hybridized carbons (Fsp3) is 0.909. The van der Waals surface area contributed by atoms with E-state index in [2.05, 4.69) is 24.5 Å². The van der Waals surface area contributed by atoms with Gasteiger partial charge in [-0.05, 0) is 26.7 Å². The van der Waals surface area contributed by atoms with Gasteiger partial charge in [0.15, 0.2) is 0 Å². The molecule has 2 N–H and O–H groups in total. The Hall–Kier alpha value is -1.10. The first-order chi connectivity index (χ1) is 13.0. The summed E-state index contributed by atoms with van der Waals surface area (Å²) in [5.41, 5.74) is 0. The summed E-state index contributed by atoms with van der Waals surface area (Å²) in [7, 11) is 0. The average Bonchev–Trinajstić information content (AvgIpc) is 2.66. The Balaban J connectivity index is 3.73. The van der Waals surface area contributed by atoms with E-state index in [1.54, 1.807) is 13.8 Å². The molecule has 0 radical (unpaired) electrons. The van der Waals surface area contributed by atoms with Crippen LogP contribution < -0.4 is 10.6 Å². The van der Waals surface area contributed by atoms with E-state index in [9.17, 15) is 9.59 Å². The van der Waals surface area contributed by atoms with E-state index in [-0.39, 0.29) is 11.8 Å². The van der Waals surface area contributed by atoms with Gasteiger partial charge >= 0.3 is 0 Å². The van der Waals surface area contributed by atoms with Crippen LogP contribution in [0.4, 0.5) is 0 Å². The van der Waals surface area contributed by atoms with Crippen molar-refractivity contribution in [3.05, 3.63) is 0 Å². The van der Waals surface area contributed by atoms with Crippen LogP contribution >= 0.6 is 0 Å². The molecule has 160 valence electrons. The summed E-state index contributed by atoms with van der Waals surface area (Å²) in [5.74, 6) is -0.279. The first-order valence-electron chi connectivity index (χ1n) is 11.2. The molecule has 27 heavy (non-hydrogen) atoms. The molecule has 0 heterocycles. The van der Waals surface area contributed by atoms with Gasteiger partial charge in [-0.25, -0.2) is 0 Å². The molecular formula is C22H44N2O3. The number of hydrogen-bond acceptors (Lipinski definition) is 3. The summed E-state index contributed by atoms with van der Waals surface area (Å²) in [6, 6.07) is 0. The van der Waals surface area contributed by atoms with Crippen molar-refractivity contribution in [3.63, 3.8) is 0 Å². The molecule has 0 spiro atoms. The zero-order chi connectivity index (χ0) is 20.3. The highest BCUT2D eigenvalue weighted by atomic mass is 16.5. The molecule has 2 unspecified atom stereocenters. The molecular weight excluding hydrogens is 340 g/mol. The molecule has 5 nitrogen and oxygen atoms in total. The highest BCUT2D eigenvalue weighted by molar-refractivity contribution is 5.83. The second-order valence-corrected chi connectivity index (χ2v) is 7.54. The van der Waals surface area contributed by atoms with Crippen molar-refractivity contribution in [2.24, 2.45) is 0 Å². The molecule has 0 saturated carbocycles. The van der Waals surface area contributed by atoms with Crippen molar-refractivity contribution in [3.8, 4) is 0 Å². The third-order valence-corrected chi connectivity index (χ3v) is 4.81. The van der Waals surface area contributed by atoms with Gasteiger partial charge in [0.2, 0.25) is 11.8 Å². The lowest BCUT2D eigenvalue weighted by Crippen LogP contribution is -2.42. The van der Waals surface area contributed by atoms with Gasteiger partial charge in [-0.3, -0.25) is 9.59 Å². The van der Waals surface area contributed by atoms with E-state index in [1.165, 1.54) is 51.4 Å². The molecule has 0 aromatic carbocycles. The minimum Gasteiger partial charge on any atom is -0.356 e. The Labute approximate surface area is 167 Å². The normalized spacial score (nSPS) is 13.2. The smallest absolute Gasteiger partial charge is 0.248 e. The maximum Gasteiger partial charge on any atom is 0.248 e. The van der Waals surface area contributed by atoms with Crippen LogP contribution in [0.15, 0.2) is 0 Å². The monoisotopic (exact) mass is 384 g/mol. The minimum atomic E-state index is -0.611. The molecule has 0 aromatic rings. The van der Waals surface area contributed by atoms with Crippen molar-refractivity contribution in [2.75, 3.05) is 13.1 Å². The van der Waals surface area contributed by atoms with Crippen LogP contribution in [0.3, 0.4) is 0 Å². The Bertz CT molecular complexity index is 341. The van der Waals surface area contributed by atoms with Crippen molar-refractivity contribution in [1.29, 1.82) is 0 Å². The number of rotatable bonds is 18. The van der Waals surface area contributed by atoms with Crippen LogP contribution in [0.2, 0.25) is 0 Å². The molecule has 0 aliphatic rings. The first-order valence-corrected chi connectivity index (χ1v) is 11.2. The SMILES string of the molecule is CCCCCCCCNC(=O)C(C)OC(C)C(=O)NCCCCCCCC. The molecule has 5 heteroatoms. The van der Waals surface area contributed by atoms with Crippen LogP contribution in [0.25, 0.3) is 0 Å². The highest BCUT2D eigenvalue weighted by Gasteiger charge is 2.20. The number of ether oxygens (including phenoxy) is 1. The maximum absolute atomic E-state index is 12.1. The minimum absolute atomic E-state index is 0.140. The number of amides is 2. The molecule has 0 saturated heterocycles. The molecule has 2 amide bonds. The van der Waals surface area contributed by atoms with Crippen LogP contribution in [0.1, 0.15) is 105 Å². The van der Waals surface area contributed by atoms with Gasteiger partial charge in [0.05, 0.1) is 0 Å². The third kappa shape index (κ3) is 15.6. The molecule has 0 bridgehead atoms. The number of carbonyl (C=O) groups excluding carboxylic acids is 2.